The lowest BCUT2D eigenvalue weighted by Crippen LogP contribution is -2.51. The molecule has 138 valence electrons. The standard InChI is InChI=1S/C19H25N3O3Si/c1-21(2)20-19(23)22(25-26(3,4)5)18-14-10-6-8-12-16(14)24-17-13-9-7-11-15(17)18/h6-13,18H,1-5H3,(H,20,23). The van der Waals surface area contributed by atoms with E-state index in [-0.39, 0.29) is 12.1 Å². The summed E-state index contributed by atoms with van der Waals surface area (Å²) in [5.74, 6) is 1.47. The molecular weight excluding hydrogens is 346 g/mol. The van der Waals surface area contributed by atoms with Gasteiger partial charge in [-0.15, -0.1) is 0 Å². The van der Waals surface area contributed by atoms with Crippen molar-refractivity contribution in [3.8, 4) is 11.5 Å². The van der Waals surface area contributed by atoms with Gasteiger partial charge in [-0.05, 0) is 31.8 Å². The molecule has 0 atom stereocenters. The van der Waals surface area contributed by atoms with Gasteiger partial charge in [0.2, 0.25) is 8.32 Å². The summed E-state index contributed by atoms with van der Waals surface area (Å²) >= 11 is 0. The summed E-state index contributed by atoms with van der Waals surface area (Å²) < 4.78 is 12.3. The Morgan fingerprint density at radius 3 is 1.96 bits per heavy atom. The molecule has 2 aromatic rings. The molecule has 2 aromatic carbocycles. The Balaban J connectivity index is 2.12. The predicted octanol–water partition coefficient (Wildman–Crippen LogP) is 4.14. The van der Waals surface area contributed by atoms with Crippen LogP contribution in [0.15, 0.2) is 48.5 Å². The van der Waals surface area contributed by atoms with Crippen LogP contribution < -0.4 is 10.2 Å². The number of ether oxygens (including phenoxy) is 1. The maximum absolute atomic E-state index is 13.0. The van der Waals surface area contributed by atoms with Crippen molar-refractivity contribution in [1.82, 2.24) is 15.5 Å². The van der Waals surface area contributed by atoms with Gasteiger partial charge in [0, 0.05) is 25.2 Å². The number of rotatable bonds is 4. The van der Waals surface area contributed by atoms with Gasteiger partial charge < -0.3 is 9.26 Å². The summed E-state index contributed by atoms with van der Waals surface area (Å²) in [6.07, 6.45) is 0. The minimum absolute atomic E-state index is 0.311. The quantitative estimate of drug-likeness (QED) is 0.648. The summed E-state index contributed by atoms with van der Waals surface area (Å²) in [5.41, 5.74) is 4.60. The number of hydrogen-bond acceptors (Lipinski definition) is 4. The lowest BCUT2D eigenvalue weighted by atomic mass is 9.94. The maximum atomic E-state index is 13.0. The average molecular weight is 372 g/mol. The number of carbonyl (C=O) groups is 1. The van der Waals surface area contributed by atoms with Gasteiger partial charge in [-0.2, -0.15) is 0 Å². The molecule has 3 rings (SSSR count). The van der Waals surface area contributed by atoms with Gasteiger partial charge in [-0.25, -0.2) is 14.9 Å². The van der Waals surface area contributed by atoms with Crippen LogP contribution in [-0.2, 0) is 4.53 Å². The highest BCUT2D eigenvalue weighted by Crippen LogP contribution is 2.45. The Morgan fingerprint density at radius 2 is 1.50 bits per heavy atom. The van der Waals surface area contributed by atoms with E-state index in [9.17, 15) is 4.79 Å². The van der Waals surface area contributed by atoms with Crippen LogP contribution >= 0.6 is 0 Å². The fraction of sp³-hybridized carbons (Fsp3) is 0.316. The zero-order valence-corrected chi connectivity index (χ0v) is 16.8. The zero-order valence-electron chi connectivity index (χ0n) is 15.8. The molecule has 0 fully saturated rings. The number of hydrogen-bond donors (Lipinski definition) is 1. The molecule has 0 aliphatic carbocycles. The minimum Gasteiger partial charge on any atom is -0.457 e. The third-order valence-electron chi connectivity index (χ3n) is 3.77. The number of nitrogens with zero attached hydrogens (tertiary/aromatic N) is 2. The molecule has 2 amide bonds. The Labute approximate surface area is 155 Å². The average Bonchev–Trinajstić information content (AvgIpc) is 2.56. The molecule has 0 spiro atoms. The molecule has 26 heavy (non-hydrogen) atoms. The number of para-hydroxylation sites is 2. The van der Waals surface area contributed by atoms with Crippen LogP contribution in [0.3, 0.4) is 0 Å². The molecule has 1 heterocycles. The number of hydroxylamine groups is 2. The van der Waals surface area contributed by atoms with Crippen molar-refractivity contribution in [2.75, 3.05) is 14.1 Å². The van der Waals surface area contributed by atoms with Gasteiger partial charge in [-0.3, -0.25) is 5.43 Å². The predicted molar refractivity (Wildman–Crippen MR) is 103 cm³/mol. The third kappa shape index (κ3) is 3.90. The summed E-state index contributed by atoms with van der Waals surface area (Å²) in [4.78, 5) is 13.0. The zero-order chi connectivity index (χ0) is 18.9. The van der Waals surface area contributed by atoms with E-state index >= 15 is 0 Å². The van der Waals surface area contributed by atoms with Crippen LogP contribution in [0.25, 0.3) is 0 Å². The Kier molecular flexibility index (Phi) is 5.04. The first kappa shape index (κ1) is 18.4. The number of carbonyl (C=O) groups excluding carboxylic acids is 1. The topological polar surface area (TPSA) is 54.0 Å². The highest BCUT2D eigenvalue weighted by atomic mass is 28.4. The van der Waals surface area contributed by atoms with Gasteiger partial charge in [0.15, 0.2) is 0 Å². The lowest BCUT2D eigenvalue weighted by molar-refractivity contribution is -0.0544. The van der Waals surface area contributed by atoms with Gasteiger partial charge in [0.1, 0.15) is 17.5 Å². The first-order valence-electron chi connectivity index (χ1n) is 8.58. The molecule has 6 nitrogen and oxygen atoms in total. The smallest absolute Gasteiger partial charge is 0.355 e. The normalized spacial score (nSPS) is 13.6. The van der Waals surface area contributed by atoms with Crippen molar-refractivity contribution in [2.45, 2.75) is 25.7 Å². The highest BCUT2D eigenvalue weighted by Gasteiger charge is 2.38. The first-order valence-corrected chi connectivity index (χ1v) is 12.0. The van der Waals surface area contributed by atoms with Gasteiger partial charge in [-0.1, -0.05) is 36.4 Å². The van der Waals surface area contributed by atoms with E-state index < -0.39 is 8.32 Å². The van der Waals surface area contributed by atoms with E-state index in [1.54, 1.807) is 19.1 Å². The van der Waals surface area contributed by atoms with Crippen molar-refractivity contribution in [3.63, 3.8) is 0 Å². The van der Waals surface area contributed by atoms with E-state index in [2.05, 4.69) is 25.1 Å². The van der Waals surface area contributed by atoms with E-state index in [4.69, 9.17) is 9.26 Å². The molecule has 0 saturated carbocycles. The van der Waals surface area contributed by atoms with Crippen LogP contribution in [0.1, 0.15) is 17.2 Å². The summed E-state index contributed by atoms with van der Waals surface area (Å²) in [6, 6.07) is 14.8. The molecule has 7 heteroatoms. The molecular formula is C19H25N3O3Si. The van der Waals surface area contributed by atoms with E-state index in [1.807, 2.05) is 48.5 Å². The maximum Gasteiger partial charge on any atom is 0.355 e. The van der Waals surface area contributed by atoms with E-state index in [0.717, 1.165) is 22.6 Å². The monoisotopic (exact) mass is 371 g/mol. The molecule has 0 bridgehead atoms. The SMILES string of the molecule is CN(C)NC(=O)N(O[Si](C)(C)C)C1c2ccccc2Oc2ccccc21. The first-order chi connectivity index (χ1) is 12.3. The second kappa shape index (κ2) is 7.11. The van der Waals surface area contributed by atoms with Crippen LogP contribution in [0.5, 0.6) is 11.5 Å². The molecule has 1 N–H and O–H groups in total. The Bertz CT molecular complexity index is 759. The minimum atomic E-state index is -2.05. The van der Waals surface area contributed by atoms with Gasteiger partial charge >= 0.3 is 6.03 Å². The molecule has 0 unspecified atom stereocenters. The summed E-state index contributed by atoms with van der Waals surface area (Å²) in [5, 5.41) is 3.08. The largest absolute Gasteiger partial charge is 0.457 e. The molecule has 1 aliphatic rings. The van der Waals surface area contributed by atoms with E-state index in [0.29, 0.717) is 0 Å². The number of hydrazine groups is 1. The van der Waals surface area contributed by atoms with Crippen LogP contribution in [0, 0.1) is 0 Å². The van der Waals surface area contributed by atoms with Crippen molar-refractivity contribution >= 4 is 14.3 Å². The molecule has 0 saturated heterocycles. The molecule has 1 aliphatic heterocycles. The van der Waals surface area contributed by atoms with Crippen LogP contribution in [0.2, 0.25) is 19.6 Å². The van der Waals surface area contributed by atoms with E-state index in [1.165, 1.54) is 5.06 Å². The van der Waals surface area contributed by atoms with Gasteiger partial charge in [0.05, 0.1) is 0 Å². The van der Waals surface area contributed by atoms with Gasteiger partial charge in [0.25, 0.3) is 0 Å². The van der Waals surface area contributed by atoms with Crippen molar-refractivity contribution in [2.24, 2.45) is 0 Å². The van der Waals surface area contributed by atoms with Crippen molar-refractivity contribution < 1.29 is 14.1 Å². The third-order valence-corrected chi connectivity index (χ3v) is 4.52. The fourth-order valence-corrected chi connectivity index (χ4v) is 3.66. The number of benzene rings is 2. The number of amides is 2. The molecule has 0 radical (unpaired) electrons. The highest BCUT2D eigenvalue weighted by molar-refractivity contribution is 6.69. The second-order valence-electron chi connectivity index (χ2n) is 7.42. The van der Waals surface area contributed by atoms with Crippen molar-refractivity contribution in [3.05, 3.63) is 59.7 Å². The second-order valence-corrected chi connectivity index (χ2v) is 11.8. The summed E-state index contributed by atoms with van der Waals surface area (Å²) in [7, 11) is 1.49. The summed E-state index contributed by atoms with van der Waals surface area (Å²) in [6.45, 7) is 6.17. The Hall–Kier alpha value is -2.35. The number of nitrogens with one attached hydrogen (secondary N) is 1. The van der Waals surface area contributed by atoms with Crippen molar-refractivity contribution in [1.29, 1.82) is 0 Å². The lowest BCUT2D eigenvalue weighted by Gasteiger charge is -2.39. The van der Waals surface area contributed by atoms with Crippen LogP contribution in [-0.4, -0.2) is 38.5 Å². The molecule has 0 aromatic heterocycles. The van der Waals surface area contributed by atoms with Crippen LogP contribution in [0.4, 0.5) is 4.79 Å². The number of urea groups is 1. The Morgan fingerprint density at radius 1 is 1.00 bits per heavy atom. The fourth-order valence-electron chi connectivity index (χ4n) is 2.88. The number of fused-ring (bicyclic) bond motifs is 2.